The Morgan fingerprint density at radius 2 is 2.06 bits per heavy atom. The van der Waals surface area contributed by atoms with Crippen LogP contribution in [-0.2, 0) is 16.0 Å². The average molecular weight is 256 g/mol. The van der Waals surface area contributed by atoms with E-state index in [1.54, 1.807) is 21.6 Å². The number of carbonyl (C=O) groups excluding carboxylic acids is 1. The molecule has 0 amide bonds. The SMILES string of the molecule is COC(=O)Cc1ccccc1SSC(C)C. The standard InChI is InChI=1S/C12H16O2S2/c1-9(2)15-16-11-7-5-4-6-10(11)8-12(13)14-3/h4-7,9H,8H2,1-3H3. The number of carbonyl (C=O) groups is 1. The van der Waals surface area contributed by atoms with Gasteiger partial charge >= 0.3 is 5.97 Å². The van der Waals surface area contributed by atoms with Crippen LogP contribution in [0.1, 0.15) is 19.4 Å². The molecule has 0 aliphatic carbocycles. The summed E-state index contributed by atoms with van der Waals surface area (Å²) < 4.78 is 4.68. The summed E-state index contributed by atoms with van der Waals surface area (Å²) in [4.78, 5) is 12.4. The Balaban J connectivity index is 2.71. The van der Waals surface area contributed by atoms with Crippen LogP contribution in [0.5, 0.6) is 0 Å². The van der Waals surface area contributed by atoms with Crippen molar-refractivity contribution in [3.8, 4) is 0 Å². The minimum Gasteiger partial charge on any atom is -0.469 e. The molecule has 0 aliphatic rings. The predicted molar refractivity (Wildman–Crippen MR) is 70.7 cm³/mol. The monoisotopic (exact) mass is 256 g/mol. The zero-order valence-corrected chi connectivity index (χ0v) is 11.4. The Hall–Kier alpha value is -0.610. The van der Waals surface area contributed by atoms with Crippen LogP contribution >= 0.6 is 21.6 Å². The molecule has 0 saturated heterocycles. The minimum absolute atomic E-state index is 0.192. The molecule has 0 radical (unpaired) electrons. The highest BCUT2D eigenvalue weighted by Crippen LogP contribution is 2.36. The largest absolute Gasteiger partial charge is 0.469 e. The molecule has 0 bridgehead atoms. The Morgan fingerprint density at radius 3 is 2.69 bits per heavy atom. The molecule has 0 unspecified atom stereocenters. The molecule has 0 saturated carbocycles. The molecule has 4 heteroatoms. The van der Waals surface area contributed by atoms with Gasteiger partial charge in [0.2, 0.25) is 0 Å². The summed E-state index contributed by atoms with van der Waals surface area (Å²) >= 11 is 0. The van der Waals surface area contributed by atoms with Gasteiger partial charge in [0.1, 0.15) is 0 Å². The van der Waals surface area contributed by atoms with Crippen LogP contribution in [0.3, 0.4) is 0 Å². The first-order chi connectivity index (χ1) is 7.63. The highest BCUT2D eigenvalue weighted by Gasteiger charge is 2.08. The van der Waals surface area contributed by atoms with Gasteiger partial charge in [-0.05, 0) is 11.6 Å². The van der Waals surface area contributed by atoms with E-state index >= 15 is 0 Å². The zero-order chi connectivity index (χ0) is 12.0. The highest BCUT2D eigenvalue weighted by atomic mass is 33.1. The second-order valence-electron chi connectivity index (χ2n) is 3.59. The van der Waals surface area contributed by atoms with Gasteiger partial charge in [0, 0.05) is 10.1 Å². The first-order valence-corrected chi connectivity index (χ1v) is 7.33. The summed E-state index contributed by atoms with van der Waals surface area (Å²) in [5.41, 5.74) is 1.03. The number of benzene rings is 1. The number of esters is 1. The molecule has 0 heterocycles. The van der Waals surface area contributed by atoms with E-state index in [1.807, 2.05) is 24.3 Å². The first kappa shape index (κ1) is 13.5. The van der Waals surface area contributed by atoms with Crippen molar-refractivity contribution in [3.05, 3.63) is 29.8 Å². The number of rotatable bonds is 5. The normalized spacial score (nSPS) is 10.5. The van der Waals surface area contributed by atoms with E-state index in [-0.39, 0.29) is 5.97 Å². The van der Waals surface area contributed by atoms with Crippen LogP contribution in [-0.4, -0.2) is 18.3 Å². The van der Waals surface area contributed by atoms with Gasteiger partial charge in [0.05, 0.1) is 13.5 Å². The number of methoxy groups -OCH3 is 1. The highest BCUT2D eigenvalue weighted by molar-refractivity contribution is 8.76. The summed E-state index contributed by atoms with van der Waals surface area (Å²) in [6, 6.07) is 7.95. The molecule has 0 aromatic heterocycles. The van der Waals surface area contributed by atoms with Crippen molar-refractivity contribution in [2.24, 2.45) is 0 Å². The molecule has 0 aliphatic heterocycles. The van der Waals surface area contributed by atoms with Crippen LogP contribution in [0.15, 0.2) is 29.2 Å². The molecule has 88 valence electrons. The third-order valence-electron chi connectivity index (χ3n) is 1.87. The summed E-state index contributed by atoms with van der Waals surface area (Å²) in [5, 5.41) is 0.566. The third-order valence-corrected chi connectivity index (χ3v) is 4.91. The second kappa shape index (κ2) is 6.86. The Morgan fingerprint density at radius 1 is 1.38 bits per heavy atom. The zero-order valence-electron chi connectivity index (χ0n) is 9.73. The van der Waals surface area contributed by atoms with Crippen molar-refractivity contribution < 1.29 is 9.53 Å². The lowest BCUT2D eigenvalue weighted by Crippen LogP contribution is -2.05. The lowest BCUT2D eigenvalue weighted by molar-refractivity contribution is -0.139. The molecule has 1 aromatic rings. The van der Waals surface area contributed by atoms with E-state index in [9.17, 15) is 4.79 Å². The minimum atomic E-state index is -0.192. The maximum atomic E-state index is 11.2. The summed E-state index contributed by atoms with van der Waals surface area (Å²) in [7, 11) is 4.93. The Kier molecular flexibility index (Phi) is 5.77. The van der Waals surface area contributed by atoms with E-state index in [0.29, 0.717) is 11.7 Å². The second-order valence-corrected chi connectivity index (χ2v) is 6.41. The van der Waals surface area contributed by atoms with Gasteiger partial charge in [-0.25, -0.2) is 0 Å². The van der Waals surface area contributed by atoms with E-state index in [0.717, 1.165) is 10.5 Å². The molecule has 16 heavy (non-hydrogen) atoms. The lowest BCUT2D eigenvalue weighted by atomic mass is 10.1. The quantitative estimate of drug-likeness (QED) is 0.594. The maximum Gasteiger partial charge on any atom is 0.310 e. The third kappa shape index (κ3) is 4.49. The van der Waals surface area contributed by atoms with Gasteiger partial charge in [0.25, 0.3) is 0 Å². The summed E-state index contributed by atoms with van der Waals surface area (Å²) in [6.45, 7) is 4.31. The van der Waals surface area contributed by atoms with Crippen LogP contribution in [0.25, 0.3) is 0 Å². The van der Waals surface area contributed by atoms with Crippen molar-refractivity contribution in [1.29, 1.82) is 0 Å². The predicted octanol–water partition coefficient (Wildman–Crippen LogP) is 3.55. The smallest absolute Gasteiger partial charge is 0.310 e. The van der Waals surface area contributed by atoms with Crippen LogP contribution in [0.4, 0.5) is 0 Å². The molecule has 0 N–H and O–H groups in total. The van der Waals surface area contributed by atoms with Crippen molar-refractivity contribution in [2.75, 3.05) is 7.11 Å². The number of ether oxygens (including phenoxy) is 1. The fourth-order valence-corrected chi connectivity index (χ4v) is 3.16. The topological polar surface area (TPSA) is 26.3 Å². The first-order valence-electron chi connectivity index (χ1n) is 5.11. The van der Waals surface area contributed by atoms with Gasteiger partial charge in [-0.1, -0.05) is 53.6 Å². The van der Waals surface area contributed by atoms with Crippen molar-refractivity contribution in [1.82, 2.24) is 0 Å². The van der Waals surface area contributed by atoms with Crippen LogP contribution < -0.4 is 0 Å². The number of hydrogen-bond donors (Lipinski definition) is 0. The van der Waals surface area contributed by atoms with Gasteiger partial charge in [-0.15, -0.1) is 0 Å². The van der Waals surface area contributed by atoms with Crippen molar-refractivity contribution in [3.63, 3.8) is 0 Å². The van der Waals surface area contributed by atoms with Gasteiger partial charge in [-0.3, -0.25) is 4.79 Å². The molecule has 1 aromatic carbocycles. The van der Waals surface area contributed by atoms with Crippen LogP contribution in [0.2, 0.25) is 0 Å². The maximum absolute atomic E-state index is 11.2. The molecule has 1 rings (SSSR count). The number of hydrogen-bond acceptors (Lipinski definition) is 4. The van der Waals surface area contributed by atoms with E-state index in [4.69, 9.17) is 0 Å². The molecule has 0 atom stereocenters. The Bertz CT molecular complexity index is 351. The van der Waals surface area contributed by atoms with Gasteiger partial charge in [-0.2, -0.15) is 0 Å². The molecular formula is C12H16O2S2. The summed E-state index contributed by atoms with van der Waals surface area (Å²) in [5.74, 6) is -0.192. The average Bonchev–Trinajstić information content (AvgIpc) is 2.27. The van der Waals surface area contributed by atoms with Crippen LogP contribution in [0, 0.1) is 0 Å². The van der Waals surface area contributed by atoms with E-state index in [2.05, 4.69) is 18.6 Å². The van der Waals surface area contributed by atoms with E-state index < -0.39 is 0 Å². The fourth-order valence-electron chi connectivity index (χ4n) is 1.11. The molecule has 0 fully saturated rings. The van der Waals surface area contributed by atoms with Gasteiger partial charge in [0.15, 0.2) is 0 Å². The Labute approximate surface area is 105 Å². The molecule has 0 spiro atoms. The molecular weight excluding hydrogens is 240 g/mol. The van der Waals surface area contributed by atoms with Gasteiger partial charge < -0.3 is 4.74 Å². The summed E-state index contributed by atoms with van der Waals surface area (Å²) in [6.07, 6.45) is 0.346. The molecule has 2 nitrogen and oxygen atoms in total. The van der Waals surface area contributed by atoms with E-state index in [1.165, 1.54) is 7.11 Å². The lowest BCUT2D eigenvalue weighted by Gasteiger charge is -2.08. The van der Waals surface area contributed by atoms with Crippen molar-refractivity contribution >= 4 is 27.6 Å². The fraction of sp³-hybridized carbons (Fsp3) is 0.417. The van der Waals surface area contributed by atoms with Crippen molar-refractivity contribution in [2.45, 2.75) is 30.4 Å².